The second-order valence-electron chi connectivity index (χ2n) is 7.45. The van der Waals surface area contributed by atoms with Crippen LogP contribution in [-0.4, -0.2) is 57.1 Å². The molecular formula is C21H27F3N4O. The lowest BCUT2D eigenvalue weighted by Crippen LogP contribution is -2.47. The lowest BCUT2D eigenvalue weighted by Gasteiger charge is -2.38. The number of carbonyl (C=O) groups excluding carboxylic acids is 1. The molecule has 3 rings (SSSR count). The summed E-state index contributed by atoms with van der Waals surface area (Å²) in [6.45, 7) is 3.51. The van der Waals surface area contributed by atoms with Crippen molar-refractivity contribution in [2.24, 2.45) is 0 Å². The van der Waals surface area contributed by atoms with Crippen LogP contribution in [0, 0.1) is 0 Å². The smallest absolute Gasteiger partial charge is 0.339 e. The van der Waals surface area contributed by atoms with E-state index in [0.717, 1.165) is 25.8 Å². The normalized spacial score (nSPS) is 15.8. The van der Waals surface area contributed by atoms with Crippen molar-refractivity contribution >= 4 is 5.91 Å². The van der Waals surface area contributed by atoms with Crippen LogP contribution in [0.5, 0.6) is 0 Å². The van der Waals surface area contributed by atoms with Gasteiger partial charge in [0.2, 0.25) is 0 Å². The number of carbonyl (C=O) groups is 1. The van der Waals surface area contributed by atoms with Crippen molar-refractivity contribution in [2.45, 2.75) is 51.5 Å². The number of alkyl halides is 3. The quantitative estimate of drug-likeness (QED) is 0.696. The fourth-order valence-corrected chi connectivity index (χ4v) is 3.89. The van der Waals surface area contributed by atoms with E-state index in [0.29, 0.717) is 31.0 Å². The van der Waals surface area contributed by atoms with E-state index in [4.69, 9.17) is 0 Å². The van der Waals surface area contributed by atoms with Gasteiger partial charge in [0, 0.05) is 37.1 Å². The molecule has 0 aliphatic carbocycles. The second kappa shape index (κ2) is 9.43. The Balaban J connectivity index is 1.61. The van der Waals surface area contributed by atoms with Crippen LogP contribution in [0.4, 0.5) is 13.2 Å². The maximum absolute atomic E-state index is 12.8. The molecule has 1 amide bonds. The van der Waals surface area contributed by atoms with Crippen molar-refractivity contribution in [3.8, 4) is 0 Å². The predicted octanol–water partition coefficient (Wildman–Crippen LogP) is 3.96. The Bertz CT molecular complexity index is 783. The largest absolute Gasteiger partial charge is 0.406 e. The summed E-state index contributed by atoms with van der Waals surface area (Å²) in [5.74, 6) is 0.463. The molecule has 1 aromatic heterocycles. The third kappa shape index (κ3) is 5.82. The zero-order valence-corrected chi connectivity index (χ0v) is 16.6. The molecule has 0 radical (unpaired) electrons. The zero-order valence-electron chi connectivity index (χ0n) is 16.6. The lowest BCUT2D eigenvalue weighted by atomic mass is 10.0. The van der Waals surface area contributed by atoms with E-state index in [9.17, 15) is 18.0 Å². The minimum absolute atomic E-state index is 0.0341. The standard InChI is InChI=1S/C21H27F3N4O/c1-2-11-27(15-19-25-10-14-28(19)16-21(22,23)24)18-8-12-26(13-9-18)20(29)17-6-4-3-5-7-17/h3-7,10,14,18H,2,8-9,11-13,15-16H2,1H3. The molecule has 1 saturated heterocycles. The first-order valence-electron chi connectivity index (χ1n) is 10.0. The van der Waals surface area contributed by atoms with Crippen molar-refractivity contribution in [1.82, 2.24) is 19.4 Å². The first-order valence-corrected chi connectivity index (χ1v) is 10.0. The number of benzene rings is 1. The molecule has 0 atom stereocenters. The van der Waals surface area contributed by atoms with E-state index < -0.39 is 12.7 Å². The SMILES string of the molecule is CCCN(Cc1nccn1CC(F)(F)F)C1CCN(C(=O)c2ccccc2)CC1. The summed E-state index contributed by atoms with van der Waals surface area (Å²) in [5, 5.41) is 0. The molecule has 2 heterocycles. The van der Waals surface area contributed by atoms with E-state index >= 15 is 0 Å². The van der Waals surface area contributed by atoms with Crippen molar-refractivity contribution in [3.63, 3.8) is 0 Å². The van der Waals surface area contributed by atoms with Gasteiger partial charge in [0.15, 0.2) is 0 Å². The number of hydrogen-bond donors (Lipinski definition) is 0. The number of rotatable bonds is 7. The number of nitrogens with zero attached hydrogens (tertiary/aromatic N) is 4. The minimum atomic E-state index is -4.27. The summed E-state index contributed by atoms with van der Waals surface area (Å²) in [6.07, 6.45) is 1.05. The molecule has 1 aliphatic rings. The molecule has 158 valence electrons. The highest BCUT2D eigenvalue weighted by molar-refractivity contribution is 5.94. The Hall–Kier alpha value is -2.35. The van der Waals surface area contributed by atoms with Crippen molar-refractivity contribution in [2.75, 3.05) is 19.6 Å². The Labute approximate surface area is 169 Å². The van der Waals surface area contributed by atoms with Crippen LogP contribution in [0.25, 0.3) is 0 Å². The first-order chi connectivity index (χ1) is 13.9. The molecule has 0 bridgehead atoms. The number of hydrogen-bond acceptors (Lipinski definition) is 3. The number of likely N-dealkylation sites (tertiary alicyclic amines) is 1. The number of aromatic nitrogens is 2. The highest BCUT2D eigenvalue weighted by Gasteiger charge is 2.31. The maximum Gasteiger partial charge on any atom is 0.406 e. The van der Waals surface area contributed by atoms with Gasteiger partial charge in [0.05, 0.1) is 6.54 Å². The highest BCUT2D eigenvalue weighted by atomic mass is 19.4. The third-order valence-corrected chi connectivity index (χ3v) is 5.30. The third-order valence-electron chi connectivity index (χ3n) is 5.30. The zero-order chi connectivity index (χ0) is 20.9. The van der Waals surface area contributed by atoms with Crippen LogP contribution in [0.1, 0.15) is 42.4 Å². The van der Waals surface area contributed by atoms with Crippen LogP contribution in [0.2, 0.25) is 0 Å². The molecule has 0 spiro atoms. The first kappa shape index (κ1) is 21.4. The summed E-state index contributed by atoms with van der Waals surface area (Å²) in [7, 11) is 0. The molecule has 0 N–H and O–H groups in total. The number of imidazole rings is 1. The highest BCUT2D eigenvalue weighted by Crippen LogP contribution is 2.22. The topological polar surface area (TPSA) is 41.4 Å². The van der Waals surface area contributed by atoms with Gasteiger partial charge in [-0.1, -0.05) is 25.1 Å². The van der Waals surface area contributed by atoms with E-state index in [1.807, 2.05) is 35.2 Å². The lowest BCUT2D eigenvalue weighted by molar-refractivity contribution is -0.141. The molecule has 1 aromatic carbocycles. The number of halogens is 3. The van der Waals surface area contributed by atoms with E-state index in [-0.39, 0.29) is 11.9 Å². The van der Waals surface area contributed by atoms with Crippen LogP contribution in [0.15, 0.2) is 42.7 Å². The number of piperidine rings is 1. The minimum Gasteiger partial charge on any atom is -0.339 e. The van der Waals surface area contributed by atoms with Crippen LogP contribution >= 0.6 is 0 Å². The van der Waals surface area contributed by atoms with E-state index in [1.165, 1.54) is 17.0 Å². The Morgan fingerprint density at radius 2 is 1.90 bits per heavy atom. The van der Waals surface area contributed by atoms with Gasteiger partial charge in [-0.15, -0.1) is 0 Å². The molecule has 29 heavy (non-hydrogen) atoms. The second-order valence-corrected chi connectivity index (χ2v) is 7.45. The summed E-state index contributed by atoms with van der Waals surface area (Å²) in [4.78, 5) is 20.9. The average Bonchev–Trinajstić information content (AvgIpc) is 3.13. The van der Waals surface area contributed by atoms with Crippen molar-refractivity contribution in [3.05, 3.63) is 54.1 Å². The van der Waals surface area contributed by atoms with E-state index in [2.05, 4.69) is 16.8 Å². The molecule has 8 heteroatoms. The van der Waals surface area contributed by atoms with Gasteiger partial charge in [-0.05, 0) is 37.9 Å². The van der Waals surface area contributed by atoms with E-state index in [1.54, 1.807) is 0 Å². The Morgan fingerprint density at radius 3 is 2.52 bits per heavy atom. The van der Waals surface area contributed by atoms with Gasteiger partial charge in [0.1, 0.15) is 12.4 Å². The Kier molecular flexibility index (Phi) is 6.95. The molecule has 1 fully saturated rings. The van der Waals surface area contributed by atoms with Gasteiger partial charge < -0.3 is 9.47 Å². The van der Waals surface area contributed by atoms with Gasteiger partial charge >= 0.3 is 6.18 Å². The molecule has 1 aliphatic heterocycles. The fourth-order valence-electron chi connectivity index (χ4n) is 3.89. The maximum atomic E-state index is 12.8. The fraction of sp³-hybridized carbons (Fsp3) is 0.524. The summed E-state index contributed by atoms with van der Waals surface area (Å²) in [6, 6.07) is 9.45. The van der Waals surface area contributed by atoms with Crippen LogP contribution in [0.3, 0.4) is 0 Å². The van der Waals surface area contributed by atoms with Crippen molar-refractivity contribution in [1.29, 1.82) is 0 Å². The number of amides is 1. The van der Waals surface area contributed by atoms with Gasteiger partial charge in [-0.3, -0.25) is 9.69 Å². The molecule has 5 nitrogen and oxygen atoms in total. The summed E-state index contributed by atoms with van der Waals surface area (Å²) in [5.41, 5.74) is 0.686. The monoisotopic (exact) mass is 408 g/mol. The molecular weight excluding hydrogens is 381 g/mol. The average molecular weight is 408 g/mol. The van der Waals surface area contributed by atoms with Gasteiger partial charge in [-0.2, -0.15) is 13.2 Å². The molecule has 0 saturated carbocycles. The molecule has 0 unspecified atom stereocenters. The molecule has 2 aromatic rings. The summed E-state index contributed by atoms with van der Waals surface area (Å²) >= 11 is 0. The van der Waals surface area contributed by atoms with Gasteiger partial charge in [0.25, 0.3) is 5.91 Å². The van der Waals surface area contributed by atoms with Gasteiger partial charge in [-0.25, -0.2) is 4.98 Å². The van der Waals surface area contributed by atoms with Crippen LogP contribution < -0.4 is 0 Å². The van der Waals surface area contributed by atoms with Crippen LogP contribution in [-0.2, 0) is 13.1 Å². The summed E-state index contributed by atoms with van der Waals surface area (Å²) < 4.78 is 39.6. The Morgan fingerprint density at radius 1 is 1.21 bits per heavy atom. The van der Waals surface area contributed by atoms with Crippen molar-refractivity contribution < 1.29 is 18.0 Å². The predicted molar refractivity (Wildman–Crippen MR) is 104 cm³/mol.